The summed E-state index contributed by atoms with van der Waals surface area (Å²) >= 11 is 0. The van der Waals surface area contributed by atoms with Crippen molar-refractivity contribution in [3.05, 3.63) is 59.4 Å². The van der Waals surface area contributed by atoms with E-state index in [1.807, 2.05) is 37.3 Å². The van der Waals surface area contributed by atoms with Gasteiger partial charge in [0, 0.05) is 13.2 Å². The molecule has 0 saturated carbocycles. The number of ketones is 1. The topological polar surface area (TPSA) is 34.9 Å². The molecule has 0 fully saturated rings. The van der Waals surface area contributed by atoms with E-state index in [2.05, 4.69) is 5.10 Å². The minimum Gasteiger partial charge on any atom is -0.289 e. The summed E-state index contributed by atoms with van der Waals surface area (Å²) in [4.78, 5) is 11.8. The summed E-state index contributed by atoms with van der Waals surface area (Å²) in [5.41, 5.74) is 2.84. The summed E-state index contributed by atoms with van der Waals surface area (Å²) in [6, 6.07) is 8.02. The van der Waals surface area contributed by atoms with Crippen LogP contribution in [0, 0.1) is 6.92 Å². The number of allylic oxidation sites excluding steroid dienone is 1. The van der Waals surface area contributed by atoms with Gasteiger partial charge in [-0.1, -0.05) is 35.9 Å². The van der Waals surface area contributed by atoms with E-state index in [0.717, 1.165) is 5.56 Å². The average molecular weight is 226 g/mol. The molecular formula is C14H14N2O. The van der Waals surface area contributed by atoms with Gasteiger partial charge in [0.15, 0.2) is 5.78 Å². The zero-order chi connectivity index (χ0) is 12.3. The fourth-order valence-corrected chi connectivity index (χ4v) is 1.49. The lowest BCUT2D eigenvalue weighted by molar-refractivity contribution is 0.104. The molecule has 0 aliphatic rings. The Balaban J connectivity index is 2.10. The number of hydrogen-bond donors (Lipinski definition) is 0. The number of rotatable bonds is 3. The number of benzene rings is 1. The van der Waals surface area contributed by atoms with Crippen molar-refractivity contribution < 1.29 is 4.79 Å². The van der Waals surface area contributed by atoms with Crippen LogP contribution in [0.25, 0.3) is 6.08 Å². The molecule has 17 heavy (non-hydrogen) atoms. The molecule has 0 amide bonds. The predicted octanol–water partition coefficient (Wildman–Crippen LogP) is 2.62. The van der Waals surface area contributed by atoms with Gasteiger partial charge in [-0.25, -0.2) is 0 Å². The highest BCUT2D eigenvalue weighted by atomic mass is 16.1. The lowest BCUT2D eigenvalue weighted by Crippen LogP contribution is -1.91. The molecule has 1 aromatic carbocycles. The van der Waals surface area contributed by atoms with Crippen molar-refractivity contribution in [2.24, 2.45) is 7.05 Å². The SMILES string of the molecule is Cc1ccc(/C=C\C(=O)c2cnn(C)c2)cc1. The average Bonchev–Trinajstić information content (AvgIpc) is 2.75. The van der Waals surface area contributed by atoms with Crippen LogP contribution in [0.15, 0.2) is 42.7 Å². The maximum atomic E-state index is 11.8. The van der Waals surface area contributed by atoms with E-state index in [1.54, 1.807) is 30.2 Å². The molecule has 2 rings (SSSR count). The van der Waals surface area contributed by atoms with Crippen LogP contribution in [-0.4, -0.2) is 15.6 Å². The highest BCUT2D eigenvalue weighted by Gasteiger charge is 2.03. The Morgan fingerprint density at radius 1 is 1.29 bits per heavy atom. The van der Waals surface area contributed by atoms with E-state index in [0.29, 0.717) is 5.56 Å². The van der Waals surface area contributed by atoms with Crippen LogP contribution in [0.4, 0.5) is 0 Å². The van der Waals surface area contributed by atoms with Crippen LogP contribution in [0.5, 0.6) is 0 Å². The first-order valence-corrected chi connectivity index (χ1v) is 5.43. The molecule has 1 aromatic heterocycles. The monoisotopic (exact) mass is 226 g/mol. The summed E-state index contributed by atoms with van der Waals surface area (Å²) in [5.74, 6) is -0.0290. The highest BCUT2D eigenvalue weighted by Crippen LogP contribution is 2.06. The molecule has 3 heteroatoms. The Hall–Kier alpha value is -2.16. The van der Waals surface area contributed by atoms with Gasteiger partial charge in [0.25, 0.3) is 0 Å². The first kappa shape index (κ1) is 11.3. The van der Waals surface area contributed by atoms with Gasteiger partial charge >= 0.3 is 0 Å². The van der Waals surface area contributed by atoms with Crippen molar-refractivity contribution in [2.45, 2.75) is 6.92 Å². The molecule has 0 aliphatic heterocycles. The number of carbonyl (C=O) groups excluding carboxylic acids is 1. The fraction of sp³-hybridized carbons (Fsp3) is 0.143. The van der Waals surface area contributed by atoms with Gasteiger partial charge < -0.3 is 0 Å². The first-order chi connectivity index (χ1) is 8.15. The van der Waals surface area contributed by atoms with E-state index in [1.165, 1.54) is 5.56 Å². The van der Waals surface area contributed by atoms with E-state index in [9.17, 15) is 4.79 Å². The Morgan fingerprint density at radius 3 is 2.59 bits per heavy atom. The molecule has 2 aromatic rings. The van der Waals surface area contributed by atoms with Gasteiger partial charge in [-0.3, -0.25) is 9.48 Å². The van der Waals surface area contributed by atoms with Crippen LogP contribution in [0.3, 0.4) is 0 Å². The Labute approximate surface area is 100 Å². The zero-order valence-corrected chi connectivity index (χ0v) is 9.92. The third-order valence-electron chi connectivity index (χ3n) is 2.49. The smallest absolute Gasteiger partial charge is 0.189 e. The second-order valence-corrected chi connectivity index (χ2v) is 4.01. The second kappa shape index (κ2) is 4.78. The number of aromatic nitrogens is 2. The van der Waals surface area contributed by atoms with Crippen LogP contribution in [0.2, 0.25) is 0 Å². The quantitative estimate of drug-likeness (QED) is 0.595. The van der Waals surface area contributed by atoms with Gasteiger partial charge in [0.05, 0.1) is 11.8 Å². The molecule has 0 atom stereocenters. The molecule has 0 aliphatic carbocycles. The van der Waals surface area contributed by atoms with Crippen molar-refractivity contribution in [1.29, 1.82) is 0 Å². The van der Waals surface area contributed by atoms with Crippen LogP contribution < -0.4 is 0 Å². The maximum absolute atomic E-state index is 11.8. The van der Waals surface area contributed by atoms with Gasteiger partial charge in [-0.2, -0.15) is 5.10 Å². The van der Waals surface area contributed by atoms with Crippen LogP contribution in [0.1, 0.15) is 21.5 Å². The van der Waals surface area contributed by atoms with Crippen molar-refractivity contribution in [3.63, 3.8) is 0 Å². The summed E-state index contributed by atoms with van der Waals surface area (Å²) in [6.07, 6.45) is 6.67. The van der Waals surface area contributed by atoms with Gasteiger partial charge in [-0.05, 0) is 18.6 Å². The Bertz CT molecular complexity index is 550. The standard InChI is InChI=1S/C14H14N2O/c1-11-3-5-12(6-4-11)7-8-14(17)13-9-15-16(2)10-13/h3-10H,1-2H3/b8-7-. The lowest BCUT2D eigenvalue weighted by Gasteiger charge is -1.94. The maximum Gasteiger partial charge on any atom is 0.189 e. The summed E-state index contributed by atoms with van der Waals surface area (Å²) in [6.45, 7) is 2.04. The number of hydrogen-bond acceptors (Lipinski definition) is 2. The summed E-state index contributed by atoms with van der Waals surface area (Å²) in [5, 5.41) is 3.97. The minimum absolute atomic E-state index is 0.0290. The van der Waals surface area contributed by atoms with Crippen molar-refractivity contribution in [2.75, 3.05) is 0 Å². The largest absolute Gasteiger partial charge is 0.289 e. The van der Waals surface area contributed by atoms with E-state index in [-0.39, 0.29) is 5.78 Å². The molecule has 0 N–H and O–H groups in total. The Kier molecular flexibility index (Phi) is 3.19. The van der Waals surface area contributed by atoms with Crippen molar-refractivity contribution in [1.82, 2.24) is 9.78 Å². The molecule has 0 bridgehead atoms. The molecule has 0 spiro atoms. The van der Waals surface area contributed by atoms with Gasteiger partial charge in [-0.15, -0.1) is 0 Å². The second-order valence-electron chi connectivity index (χ2n) is 4.01. The normalized spacial score (nSPS) is 10.9. The first-order valence-electron chi connectivity index (χ1n) is 5.43. The van der Waals surface area contributed by atoms with E-state index in [4.69, 9.17) is 0 Å². The lowest BCUT2D eigenvalue weighted by atomic mass is 10.1. The van der Waals surface area contributed by atoms with Gasteiger partial charge in [0.1, 0.15) is 0 Å². The number of nitrogens with zero attached hydrogens (tertiary/aromatic N) is 2. The molecule has 0 saturated heterocycles. The fourth-order valence-electron chi connectivity index (χ4n) is 1.49. The highest BCUT2D eigenvalue weighted by molar-refractivity contribution is 6.06. The van der Waals surface area contributed by atoms with E-state index >= 15 is 0 Å². The summed E-state index contributed by atoms with van der Waals surface area (Å²) in [7, 11) is 1.79. The minimum atomic E-state index is -0.0290. The molecule has 1 heterocycles. The van der Waals surface area contributed by atoms with E-state index < -0.39 is 0 Å². The number of aryl methyl sites for hydroxylation is 2. The van der Waals surface area contributed by atoms with Crippen molar-refractivity contribution in [3.8, 4) is 0 Å². The van der Waals surface area contributed by atoms with Crippen molar-refractivity contribution >= 4 is 11.9 Å². The van der Waals surface area contributed by atoms with Crippen LogP contribution >= 0.6 is 0 Å². The van der Waals surface area contributed by atoms with Crippen LogP contribution in [-0.2, 0) is 7.05 Å². The molecular weight excluding hydrogens is 212 g/mol. The third-order valence-corrected chi connectivity index (χ3v) is 2.49. The van der Waals surface area contributed by atoms with Gasteiger partial charge in [0.2, 0.25) is 0 Å². The Morgan fingerprint density at radius 2 is 2.00 bits per heavy atom. The third kappa shape index (κ3) is 2.91. The molecule has 3 nitrogen and oxygen atoms in total. The summed E-state index contributed by atoms with van der Waals surface area (Å²) < 4.78 is 1.62. The number of carbonyl (C=O) groups is 1. The molecule has 0 unspecified atom stereocenters. The predicted molar refractivity (Wildman–Crippen MR) is 67.8 cm³/mol. The molecule has 86 valence electrons. The zero-order valence-electron chi connectivity index (χ0n) is 9.92. The molecule has 0 radical (unpaired) electrons.